The zero-order valence-electron chi connectivity index (χ0n) is 8.42. The van der Waals surface area contributed by atoms with Gasteiger partial charge in [0.05, 0.1) is 11.9 Å². The molecule has 0 radical (unpaired) electrons. The quantitative estimate of drug-likeness (QED) is 0.809. The molecule has 15 heavy (non-hydrogen) atoms. The van der Waals surface area contributed by atoms with Gasteiger partial charge in [0.25, 0.3) is 0 Å². The molecule has 0 aliphatic rings. The normalized spacial score (nSPS) is 10.2. The first-order valence-electron chi connectivity index (χ1n) is 4.57. The number of aryl methyl sites for hydroxylation is 1. The maximum Gasteiger partial charge on any atom is 0.145 e. The van der Waals surface area contributed by atoms with Crippen LogP contribution in [0.4, 0.5) is 5.82 Å². The predicted octanol–water partition coefficient (Wildman–Crippen LogP) is 0.976. The molecule has 0 saturated carbocycles. The van der Waals surface area contributed by atoms with Gasteiger partial charge < -0.3 is 10.5 Å². The number of anilines is 1. The molecule has 0 fully saturated rings. The molecule has 0 aromatic carbocycles. The van der Waals surface area contributed by atoms with Gasteiger partial charge >= 0.3 is 0 Å². The van der Waals surface area contributed by atoms with Crippen molar-refractivity contribution in [3.8, 4) is 5.75 Å². The largest absolute Gasteiger partial charge is 0.486 e. The predicted molar refractivity (Wildman–Crippen MR) is 56.2 cm³/mol. The molecule has 2 heterocycles. The monoisotopic (exact) mass is 204 g/mol. The highest BCUT2D eigenvalue weighted by Gasteiger charge is 2.02. The van der Waals surface area contributed by atoms with Crippen LogP contribution in [-0.4, -0.2) is 14.8 Å². The zero-order chi connectivity index (χ0) is 10.7. The van der Waals surface area contributed by atoms with Crippen molar-refractivity contribution in [1.29, 1.82) is 0 Å². The lowest BCUT2D eigenvalue weighted by Crippen LogP contribution is -2.03. The molecule has 2 aromatic rings. The standard InChI is InChI=1S/C10H12N4O/c1-14-8(5-10(11)13-14)7-15-9-3-2-4-12-6-9/h2-6H,7H2,1H3,(H2,11,13). The molecule has 0 saturated heterocycles. The second-order valence-corrected chi connectivity index (χ2v) is 3.16. The van der Waals surface area contributed by atoms with Crippen LogP contribution in [0.15, 0.2) is 30.6 Å². The Hall–Kier alpha value is -2.04. The van der Waals surface area contributed by atoms with E-state index in [1.54, 1.807) is 23.1 Å². The van der Waals surface area contributed by atoms with Gasteiger partial charge in [-0.1, -0.05) is 0 Å². The first kappa shape index (κ1) is 9.51. The molecule has 0 atom stereocenters. The first-order valence-corrected chi connectivity index (χ1v) is 4.57. The SMILES string of the molecule is Cn1nc(N)cc1COc1cccnc1. The summed E-state index contributed by atoms with van der Waals surface area (Å²) in [6, 6.07) is 5.47. The fraction of sp³-hybridized carbons (Fsp3) is 0.200. The molecule has 0 unspecified atom stereocenters. The van der Waals surface area contributed by atoms with Crippen molar-refractivity contribution in [2.75, 3.05) is 5.73 Å². The Labute approximate surface area is 87.5 Å². The van der Waals surface area contributed by atoms with Gasteiger partial charge in [-0.05, 0) is 12.1 Å². The van der Waals surface area contributed by atoms with E-state index in [1.807, 2.05) is 19.2 Å². The first-order chi connectivity index (χ1) is 7.25. The lowest BCUT2D eigenvalue weighted by Gasteiger charge is -2.04. The molecule has 0 aliphatic carbocycles. The van der Waals surface area contributed by atoms with Crippen molar-refractivity contribution in [2.45, 2.75) is 6.61 Å². The summed E-state index contributed by atoms with van der Waals surface area (Å²) < 4.78 is 7.21. The van der Waals surface area contributed by atoms with E-state index in [-0.39, 0.29) is 0 Å². The van der Waals surface area contributed by atoms with E-state index in [1.165, 1.54) is 0 Å². The number of aromatic nitrogens is 3. The Morgan fingerprint density at radius 1 is 1.53 bits per heavy atom. The van der Waals surface area contributed by atoms with E-state index in [9.17, 15) is 0 Å². The van der Waals surface area contributed by atoms with E-state index >= 15 is 0 Å². The van der Waals surface area contributed by atoms with Crippen molar-refractivity contribution < 1.29 is 4.74 Å². The molecule has 78 valence electrons. The second-order valence-electron chi connectivity index (χ2n) is 3.16. The van der Waals surface area contributed by atoms with Crippen LogP contribution in [0.5, 0.6) is 5.75 Å². The van der Waals surface area contributed by atoms with Gasteiger partial charge in [0.15, 0.2) is 0 Å². The second kappa shape index (κ2) is 4.00. The van der Waals surface area contributed by atoms with Crippen molar-refractivity contribution in [3.05, 3.63) is 36.3 Å². The Bertz CT molecular complexity index is 438. The number of pyridine rings is 1. The Kier molecular flexibility index (Phi) is 2.53. The van der Waals surface area contributed by atoms with Gasteiger partial charge in [-0.25, -0.2) is 0 Å². The maximum atomic E-state index is 5.55. The van der Waals surface area contributed by atoms with Gasteiger partial charge in [0, 0.05) is 19.3 Å². The van der Waals surface area contributed by atoms with Gasteiger partial charge in [0.1, 0.15) is 18.2 Å². The minimum absolute atomic E-state index is 0.437. The topological polar surface area (TPSA) is 66.0 Å². The number of nitrogens with two attached hydrogens (primary N) is 1. The Balaban J connectivity index is 2.02. The number of hydrogen-bond donors (Lipinski definition) is 1. The van der Waals surface area contributed by atoms with Crippen LogP contribution in [0.2, 0.25) is 0 Å². The minimum atomic E-state index is 0.437. The summed E-state index contributed by atoms with van der Waals surface area (Å²) in [5.74, 6) is 1.24. The molecule has 5 heteroatoms. The molecule has 5 nitrogen and oxygen atoms in total. The number of nitrogen functional groups attached to an aromatic ring is 1. The van der Waals surface area contributed by atoms with Crippen LogP contribution < -0.4 is 10.5 Å². The average Bonchev–Trinajstić information content (AvgIpc) is 2.56. The number of nitrogens with zero attached hydrogens (tertiary/aromatic N) is 3. The molecule has 2 aromatic heterocycles. The summed E-state index contributed by atoms with van der Waals surface area (Å²) in [6.45, 7) is 0.437. The molecule has 0 amide bonds. The van der Waals surface area contributed by atoms with Gasteiger partial charge in [-0.3, -0.25) is 9.67 Å². The van der Waals surface area contributed by atoms with Crippen LogP contribution in [0.25, 0.3) is 0 Å². The summed E-state index contributed by atoms with van der Waals surface area (Å²) in [7, 11) is 1.83. The molecule has 2 N–H and O–H groups in total. The average molecular weight is 204 g/mol. The molecule has 0 aliphatic heterocycles. The molecular weight excluding hydrogens is 192 g/mol. The van der Waals surface area contributed by atoms with E-state index in [4.69, 9.17) is 10.5 Å². The van der Waals surface area contributed by atoms with Crippen LogP contribution in [0.3, 0.4) is 0 Å². The third kappa shape index (κ3) is 2.25. The number of rotatable bonds is 3. The summed E-state index contributed by atoms with van der Waals surface area (Å²) in [5.41, 5.74) is 6.48. The Morgan fingerprint density at radius 2 is 2.40 bits per heavy atom. The van der Waals surface area contributed by atoms with Gasteiger partial charge in [0.2, 0.25) is 0 Å². The number of hydrogen-bond acceptors (Lipinski definition) is 4. The third-order valence-corrected chi connectivity index (χ3v) is 2.02. The smallest absolute Gasteiger partial charge is 0.145 e. The fourth-order valence-electron chi connectivity index (χ4n) is 1.26. The minimum Gasteiger partial charge on any atom is -0.486 e. The van der Waals surface area contributed by atoms with Crippen molar-refractivity contribution >= 4 is 5.82 Å². The lowest BCUT2D eigenvalue weighted by molar-refractivity contribution is 0.293. The van der Waals surface area contributed by atoms with E-state index in [0.29, 0.717) is 12.4 Å². The summed E-state index contributed by atoms with van der Waals surface area (Å²) in [5, 5.41) is 4.02. The van der Waals surface area contributed by atoms with Crippen LogP contribution >= 0.6 is 0 Å². The Morgan fingerprint density at radius 3 is 3.00 bits per heavy atom. The summed E-state index contributed by atoms with van der Waals surface area (Å²) >= 11 is 0. The highest BCUT2D eigenvalue weighted by Crippen LogP contribution is 2.11. The molecule has 0 spiro atoms. The van der Waals surface area contributed by atoms with Crippen LogP contribution in [0.1, 0.15) is 5.69 Å². The van der Waals surface area contributed by atoms with E-state index < -0.39 is 0 Å². The van der Waals surface area contributed by atoms with Crippen molar-refractivity contribution in [2.24, 2.45) is 7.05 Å². The maximum absolute atomic E-state index is 5.55. The number of ether oxygens (including phenoxy) is 1. The van der Waals surface area contributed by atoms with Crippen LogP contribution in [0, 0.1) is 0 Å². The summed E-state index contributed by atoms with van der Waals surface area (Å²) in [6.07, 6.45) is 3.37. The zero-order valence-corrected chi connectivity index (χ0v) is 8.42. The highest BCUT2D eigenvalue weighted by atomic mass is 16.5. The van der Waals surface area contributed by atoms with Gasteiger partial charge in [-0.15, -0.1) is 0 Å². The van der Waals surface area contributed by atoms with E-state index in [2.05, 4.69) is 10.1 Å². The van der Waals surface area contributed by atoms with E-state index in [0.717, 1.165) is 11.4 Å². The molecule has 0 bridgehead atoms. The molecular formula is C10H12N4O. The molecule has 2 rings (SSSR count). The highest BCUT2D eigenvalue weighted by molar-refractivity contribution is 5.29. The van der Waals surface area contributed by atoms with Crippen LogP contribution in [-0.2, 0) is 13.7 Å². The summed E-state index contributed by atoms with van der Waals surface area (Å²) in [4.78, 5) is 3.95. The lowest BCUT2D eigenvalue weighted by atomic mass is 10.4. The third-order valence-electron chi connectivity index (χ3n) is 2.02. The van der Waals surface area contributed by atoms with Crippen molar-refractivity contribution in [3.63, 3.8) is 0 Å². The fourth-order valence-corrected chi connectivity index (χ4v) is 1.26. The van der Waals surface area contributed by atoms with Crippen molar-refractivity contribution in [1.82, 2.24) is 14.8 Å². The van der Waals surface area contributed by atoms with Gasteiger partial charge in [-0.2, -0.15) is 5.10 Å².